The second-order valence-electron chi connectivity index (χ2n) is 6.51. The first-order chi connectivity index (χ1) is 15.8. The summed E-state index contributed by atoms with van der Waals surface area (Å²) in [5.74, 6) is -0.910. The first kappa shape index (κ1) is 24.4. The lowest BCUT2D eigenvalue weighted by Gasteiger charge is -2.11. The minimum atomic E-state index is -3.04. The van der Waals surface area contributed by atoms with Gasteiger partial charge in [-0.2, -0.15) is 8.78 Å². The van der Waals surface area contributed by atoms with Gasteiger partial charge in [0.2, 0.25) is 0 Å². The summed E-state index contributed by atoms with van der Waals surface area (Å²) in [6.45, 7) is -1.80. The van der Waals surface area contributed by atoms with Crippen LogP contribution < -0.4 is 14.2 Å². The zero-order valence-electron chi connectivity index (χ0n) is 17.5. The molecule has 0 aliphatic rings. The number of hydrogen-bond acceptors (Lipinski definition) is 8. The van der Waals surface area contributed by atoms with Crippen LogP contribution in [0.25, 0.3) is 0 Å². The van der Waals surface area contributed by atoms with Crippen LogP contribution in [0.4, 0.5) is 8.78 Å². The molecule has 0 bridgehead atoms. The van der Waals surface area contributed by atoms with Crippen LogP contribution in [0, 0.1) is 6.92 Å². The predicted octanol–water partition coefficient (Wildman–Crippen LogP) is 5.33. The van der Waals surface area contributed by atoms with Crippen molar-refractivity contribution in [3.63, 3.8) is 0 Å². The molecule has 3 aromatic rings. The number of aromatic nitrogens is 1. The molecule has 0 fully saturated rings. The van der Waals surface area contributed by atoms with Crippen LogP contribution in [-0.4, -0.2) is 37.1 Å². The van der Waals surface area contributed by atoms with E-state index in [-0.39, 0.29) is 28.5 Å². The van der Waals surface area contributed by atoms with Crippen molar-refractivity contribution >= 4 is 34.7 Å². The zero-order valence-corrected chi connectivity index (χ0v) is 19.0. The molecular formula is C22H18ClF2NO6S. The van der Waals surface area contributed by atoms with E-state index in [1.807, 2.05) is 0 Å². The Labute approximate surface area is 196 Å². The zero-order chi connectivity index (χ0) is 24.0. The van der Waals surface area contributed by atoms with Crippen molar-refractivity contribution in [2.75, 3.05) is 13.7 Å². The Morgan fingerprint density at radius 1 is 1.12 bits per heavy atom. The van der Waals surface area contributed by atoms with Crippen molar-refractivity contribution in [1.82, 2.24) is 4.98 Å². The molecule has 0 N–H and O–H groups in total. The third kappa shape index (κ3) is 6.62. The molecule has 0 radical (unpaired) electrons. The Balaban J connectivity index is 1.59. The monoisotopic (exact) mass is 497 g/mol. The number of carbonyl (C=O) groups is 2. The first-order valence-electron chi connectivity index (χ1n) is 9.44. The maximum atomic E-state index is 12.4. The van der Waals surface area contributed by atoms with Gasteiger partial charge in [-0.05, 0) is 49.4 Å². The molecule has 0 aliphatic heterocycles. The molecular weight excluding hydrogens is 480 g/mol. The van der Waals surface area contributed by atoms with Crippen molar-refractivity contribution in [2.45, 2.75) is 20.1 Å². The number of hydrogen-bond donors (Lipinski definition) is 0. The third-order valence-corrected chi connectivity index (χ3v) is 5.60. The minimum absolute atomic E-state index is 0.0453. The van der Waals surface area contributed by atoms with E-state index < -0.39 is 25.0 Å². The average molecular weight is 498 g/mol. The number of benzene rings is 2. The maximum absolute atomic E-state index is 12.4. The summed E-state index contributed by atoms with van der Waals surface area (Å²) in [4.78, 5) is 29.4. The predicted molar refractivity (Wildman–Crippen MR) is 117 cm³/mol. The van der Waals surface area contributed by atoms with Crippen molar-refractivity contribution in [3.05, 3.63) is 68.6 Å². The highest BCUT2D eigenvalue weighted by molar-refractivity contribution is 7.13. The molecule has 0 atom stereocenters. The molecule has 2 aromatic carbocycles. The Hall–Kier alpha value is -3.24. The van der Waals surface area contributed by atoms with Crippen molar-refractivity contribution in [1.29, 1.82) is 0 Å². The summed E-state index contributed by atoms with van der Waals surface area (Å²) in [6.07, 6.45) is 0. The number of methoxy groups -OCH3 is 1. The smallest absolute Gasteiger partial charge is 0.387 e. The highest BCUT2D eigenvalue weighted by Crippen LogP contribution is 2.30. The molecule has 0 saturated carbocycles. The molecule has 174 valence electrons. The Kier molecular flexibility index (Phi) is 8.18. The van der Waals surface area contributed by atoms with Gasteiger partial charge in [0.05, 0.1) is 12.8 Å². The van der Waals surface area contributed by atoms with Gasteiger partial charge in [0.15, 0.2) is 23.9 Å². The number of halogens is 3. The van der Waals surface area contributed by atoms with Gasteiger partial charge in [-0.1, -0.05) is 11.6 Å². The van der Waals surface area contributed by atoms with Crippen LogP contribution in [0.3, 0.4) is 0 Å². The molecule has 0 amide bonds. The molecule has 0 saturated heterocycles. The lowest BCUT2D eigenvalue weighted by Crippen LogP contribution is -2.14. The lowest BCUT2D eigenvalue weighted by atomic mass is 10.1. The first-order valence-corrected chi connectivity index (χ1v) is 10.6. The highest BCUT2D eigenvalue weighted by Gasteiger charge is 2.20. The van der Waals surface area contributed by atoms with Gasteiger partial charge >= 0.3 is 12.6 Å². The molecule has 0 spiro atoms. The summed E-state index contributed by atoms with van der Waals surface area (Å²) in [7, 11) is 1.25. The molecule has 3 rings (SSSR count). The quantitative estimate of drug-likeness (QED) is 0.276. The number of rotatable bonds is 10. The molecule has 1 heterocycles. The second kappa shape index (κ2) is 11.1. The van der Waals surface area contributed by atoms with E-state index in [9.17, 15) is 18.4 Å². The fourth-order valence-electron chi connectivity index (χ4n) is 2.69. The molecule has 33 heavy (non-hydrogen) atoms. The number of carbonyl (C=O) groups excluding carboxylic acids is 2. The van der Waals surface area contributed by atoms with Crippen molar-refractivity contribution < 1.29 is 37.3 Å². The van der Waals surface area contributed by atoms with Crippen LogP contribution in [0.2, 0.25) is 5.02 Å². The normalized spacial score (nSPS) is 10.7. The van der Waals surface area contributed by atoms with Gasteiger partial charge in [-0.25, -0.2) is 9.78 Å². The standard InChI is InChI=1S/C22H18ClF2NO6S/c1-12-20(33-19(26-12)11-30-15-6-4-14(23)5-7-15)21(28)31-10-16(27)13-3-8-17(32-22(24)25)18(9-13)29-2/h3-9,22H,10-11H2,1-2H3. The summed E-state index contributed by atoms with van der Waals surface area (Å²) >= 11 is 6.93. The summed E-state index contributed by atoms with van der Waals surface area (Å²) in [5.41, 5.74) is 0.557. The summed E-state index contributed by atoms with van der Waals surface area (Å²) < 4.78 is 44.9. The second-order valence-corrected chi connectivity index (χ2v) is 8.03. The number of thiazole rings is 1. The van der Waals surface area contributed by atoms with Crippen LogP contribution in [-0.2, 0) is 11.3 Å². The van der Waals surface area contributed by atoms with Crippen molar-refractivity contribution in [3.8, 4) is 17.2 Å². The lowest BCUT2D eigenvalue weighted by molar-refractivity contribution is -0.0512. The molecule has 0 aliphatic carbocycles. The number of alkyl halides is 2. The van der Waals surface area contributed by atoms with E-state index in [0.717, 1.165) is 11.3 Å². The summed E-state index contributed by atoms with van der Waals surface area (Å²) in [6, 6.07) is 10.5. The van der Waals surface area contributed by atoms with E-state index in [0.29, 0.717) is 21.5 Å². The van der Waals surface area contributed by atoms with Crippen LogP contribution >= 0.6 is 22.9 Å². The van der Waals surface area contributed by atoms with E-state index in [4.69, 9.17) is 25.8 Å². The SMILES string of the molecule is COc1cc(C(=O)COC(=O)c2sc(COc3ccc(Cl)cc3)nc2C)ccc1OC(F)F. The number of ketones is 1. The van der Waals surface area contributed by atoms with Crippen LogP contribution in [0.5, 0.6) is 17.2 Å². The molecule has 11 heteroatoms. The van der Waals surface area contributed by atoms with Gasteiger partial charge in [-0.15, -0.1) is 11.3 Å². The Bertz CT molecular complexity index is 1140. The number of Topliss-reactive ketones (excluding diaryl/α,β-unsaturated/α-hetero) is 1. The Morgan fingerprint density at radius 3 is 2.52 bits per heavy atom. The van der Waals surface area contributed by atoms with Gasteiger partial charge in [0, 0.05) is 10.6 Å². The number of ether oxygens (including phenoxy) is 4. The van der Waals surface area contributed by atoms with E-state index in [2.05, 4.69) is 9.72 Å². The molecule has 1 aromatic heterocycles. The average Bonchev–Trinajstić information content (AvgIpc) is 3.17. The van der Waals surface area contributed by atoms with Gasteiger partial charge < -0.3 is 18.9 Å². The topological polar surface area (TPSA) is 84.0 Å². The van der Waals surface area contributed by atoms with E-state index >= 15 is 0 Å². The fraction of sp³-hybridized carbons (Fsp3) is 0.227. The minimum Gasteiger partial charge on any atom is -0.493 e. The van der Waals surface area contributed by atoms with Crippen LogP contribution in [0.15, 0.2) is 42.5 Å². The maximum Gasteiger partial charge on any atom is 0.387 e. The number of aryl methyl sites for hydroxylation is 1. The largest absolute Gasteiger partial charge is 0.493 e. The third-order valence-electron chi connectivity index (χ3n) is 4.24. The number of nitrogens with zero attached hydrogens (tertiary/aromatic N) is 1. The van der Waals surface area contributed by atoms with Gasteiger partial charge in [0.25, 0.3) is 0 Å². The van der Waals surface area contributed by atoms with Crippen LogP contribution in [0.1, 0.15) is 30.7 Å². The number of esters is 1. The van der Waals surface area contributed by atoms with E-state index in [1.54, 1.807) is 31.2 Å². The summed E-state index contributed by atoms with van der Waals surface area (Å²) in [5, 5.41) is 1.14. The van der Waals surface area contributed by atoms with E-state index in [1.165, 1.54) is 25.3 Å². The molecule has 7 nitrogen and oxygen atoms in total. The highest BCUT2D eigenvalue weighted by atomic mass is 35.5. The Morgan fingerprint density at radius 2 is 1.85 bits per heavy atom. The molecule has 0 unspecified atom stereocenters. The van der Waals surface area contributed by atoms with Gasteiger partial charge in [-0.3, -0.25) is 4.79 Å². The van der Waals surface area contributed by atoms with Gasteiger partial charge in [0.1, 0.15) is 22.2 Å². The van der Waals surface area contributed by atoms with Crippen molar-refractivity contribution in [2.24, 2.45) is 0 Å². The fourth-order valence-corrected chi connectivity index (χ4v) is 3.69.